The van der Waals surface area contributed by atoms with Crippen LogP contribution in [0.25, 0.3) is 0 Å². The van der Waals surface area contributed by atoms with Gasteiger partial charge in [0.1, 0.15) is 12.3 Å². The maximum absolute atomic E-state index is 12.0. The molecule has 0 bridgehead atoms. The second kappa shape index (κ2) is 8.94. The van der Waals surface area contributed by atoms with Crippen LogP contribution >= 0.6 is 17.1 Å². The Bertz CT molecular complexity index is 752. The van der Waals surface area contributed by atoms with E-state index < -0.39 is 35.4 Å². The molecule has 0 spiro atoms. The molecule has 1 aliphatic heterocycles. The van der Waals surface area contributed by atoms with E-state index in [1.165, 1.54) is 22.1 Å². The van der Waals surface area contributed by atoms with Crippen LogP contribution in [-0.2, 0) is 21.1 Å². The lowest BCUT2D eigenvalue weighted by molar-refractivity contribution is -0.0416. The first kappa shape index (κ1) is 20.8. The molecular weight excluding hydrogens is 387 g/mol. The highest BCUT2D eigenvalue weighted by atomic mass is 32.9. The number of ether oxygens (including phenoxy) is 1. The number of aromatic nitrogens is 2. The number of aliphatic hydroxyl groups is 1. The highest BCUT2D eigenvalue weighted by molar-refractivity contribution is 8.67. The van der Waals surface area contributed by atoms with Crippen LogP contribution < -0.4 is 11.2 Å². The van der Waals surface area contributed by atoms with Crippen molar-refractivity contribution >= 4 is 28.9 Å². The van der Waals surface area contributed by atoms with Crippen molar-refractivity contribution in [2.45, 2.75) is 51.5 Å². The average molecular weight is 410 g/mol. The molecule has 0 amide bonds. The molecule has 8 nitrogen and oxygen atoms in total. The molecule has 4 atom stereocenters. The number of nitrogens with zero attached hydrogens (tertiary/aromatic N) is 1. The van der Waals surface area contributed by atoms with Crippen molar-refractivity contribution in [1.29, 1.82) is 0 Å². The van der Waals surface area contributed by atoms with Crippen LogP contribution in [-0.4, -0.2) is 44.1 Å². The van der Waals surface area contributed by atoms with Crippen LogP contribution in [0.15, 0.2) is 15.8 Å². The zero-order valence-electron chi connectivity index (χ0n) is 14.1. The number of nitrogens with one attached hydrogen (secondary N) is 1. The minimum absolute atomic E-state index is 0.240. The molecule has 142 valence electrons. The molecule has 1 unspecified atom stereocenters. The number of aliphatic hydroxyl groups excluding tert-OH is 1. The van der Waals surface area contributed by atoms with Crippen LogP contribution in [0.2, 0.25) is 0 Å². The van der Waals surface area contributed by atoms with E-state index in [2.05, 4.69) is 4.98 Å². The summed E-state index contributed by atoms with van der Waals surface area (Å²) < 4.78 is 12.6. The lowest BCUT2D eigenvalue weighted by Gasteiger charge is -2.22. The highest BCUT2D eigenvalue weighted by Crippen LogP contribution is 2.58. The van der Waals surface area contributed by atoms with Gasteiger partial charge in [0.2, 0.25) is 5.69 Å². The largest absolute Gasteiger partial charge is 0.394 e. The van der Waals surface area contributed by atoms with Crippen molar-refractivity contribution in [3.05, 3.63) is 32.6 Å². The molecule has 2 heterocycles. The Labute approximate surface area is 154 Å². The average Bonchev–Trinajstić information content (AvgIpc) is 2.92. The normalized spacial score (nSPS) is 25.8. The van der Waals surface area contributed by atoms with Gasteiger partial charge in [0.15, 0.2) is 0 Å². The maximum atomic E-state index is 12.0. The fourth-order valence-electron chi connectivity index (χ4n) is 2.47. The minimum atomic E-state index is -3.06. The fourth-order valence-corrected chi connectivity index (χ4v) is 6.34. The van der Waals surface area contributed by atoms with Gasteiger partial charge in [-0.1, -0.05) is 24.7 Å². The summed E-state index contributed by atoms with van der Waals surface area (Å²) >= 11 is 6.38. The van der Waals surface area contributed by atoms with Crippen molar-refractivity contribution in [1.82, 2.24) is 9.55 Å². The second-order valence-electron chi connectivity index (χ2n) is 5.83. The number of H-pyrrole nitrogens is 1. The summed E-state index contributed by atoms with van der Waals surface area (Å²) in [5.41, 5.74) is -3.74. The predicted molar refractivity (Wildman–Crippen MR) is 100 cm³/mol. The quantitative estimate of drug-likeness (QED) is 0.434. The second-order valence-corrected chi connectivity index (χ2v) is 12.1. The van der Waals surface area contributed by atoms with Gasteiger partial charge in [-0.2, -0.15) is 0 Å². The van der Waals surface area contributed by atoms with Gasteiger partial charge in [-0.15, -0.1) is 0 Å². The number of unbranched alkanes of at least 4 members (excludes halogenated alkanes) is 1. The van der Waals surface area contributed by atoms with Gasteiger partial charge in [-0.25, -0.2) is 4.79 Å². The highest BCUT2D eigenvalue weighted by Gasteiger charge is 2.39. The zero-order valence-corrected chi connectivity index (χ0v) is 16.6. The lowest BCUT2D eigenvalue weighted by Crippen LogP contribution is -2.33. The minimum Gasteiger partial charge on any atom is -0.394 e. The standard InChI is InChI=1S/C14H23N2O6PS2/c1-3-4-5-25-23(20,24)22-10-6-12(21-11(10)8-17)16-7-9(2)13(18)15-14(16)19/h7,10-12,17H,3-6,8H2,1-2H3,(H,20,24)(H,15,18,19)/t10-,11+,12+,23?/m0/s1. The van der Waals surface area contributed by atoms with Gasteiger partial charge in [0.25, 0.3) is 5.56 Å². The number of aromatic amines is 1. The van der Waals surface area contributed by atoms with Gasteiger partial charge < -0.3 is 19.3 Å². The molecule has 1 aromatic rings. The molecule has 3 N–H and O–H groups in total. The van der Waals surface area contributed by atoms with Gasteiger partial charge in [-0.3, -0.25) is 14.3 Å². The van der Waals surface area contributed by atoms with Crippen LogP contribution in [0.1, 0.15) is 38.0 Å². The summed E-state index contributed by atoms with van der Waals surface area (Å²) in [7, 11) is 0. The summed E-state index contributed by atoms with van der Waals surface area (Å²) in [6.07, 6.45) is 1.53. The zero-order chi connectivity index (χ0) is 18.6. The van der Waals surface area contributed by atoms with E-state index in [4.69, 9.17) is 21.1 Å². The molecule has 0 radical (unpaired) electrons. The first-order valence-electron chi connectivity index (χ1n) is 8.01. The Morgan fingerprint density at radius 1 is 1.56 bits per heavy atom. The van der Waals surface area contributed by atoms with E-state index in [1.807, 2.05) is 6.92 Å². The summed E-state index contributed by atoms with van der Waals surface area (Å²) in [5.74, 6) is 0.698. The Balaban J connectivity index is 2.12. The summed E-state index contributed by atoms with van der Waals surface area (Å²) in [6.45, 7) is 3.30. The first-order chi connectivity index (χ1) is 11.8. The summed E-state index contributed by atoms with van der Waals surface area (Å²) in [4.78, 5) is 36.0. The molecule has 11 heteroatoms. The monoisotopic (exact) mass is 410 g/mol. The topological polar surface area (TPSA) is 114 Å². The van der Waals surface area contributed by atoms with E-state index in [-0.39, 0.29) is 13.0 Å². The van der Waals surface area contributed by atoms with E-state index in [1.54, 1.807) is 6.92 Å². The summed E-state index contributed by atoms with van der Waals surface area (Å²) in [6, 6.07) is 0. The molecule has 0 aliphatic carbocycles. The molecule has 1 fully saturated rings. The van der Waals surface area contributed by atoms with Gasteiger partial charge in [0.05, 0.1) is 12.7 Å². The van der Waals surface area contributed by atoms with Crippen molar-refractivity contribution < 1.29 is 19.3 Å². The molecular formula is C14H23N2O6PS2. The number of hydrogen-bond acceptors (Lipinski definition) is 7. The third-order valence-corrected chi connectivity index (χ3v) is 8.16. The third kappa shape index (κ3) is 5.50. The molecule has 1 aliphatic rings. The van der Waals surface area contributed by atoms with Crippen LogP contribution in [0.4, 0.5) is 0 Å². The molecule has 1 aromatic heterocycles. The maximum Gasteiger partial charge on any atom is 0.330 e. The van der Waals surface area contributed by atoms with Crippen molar-refractivity contribution in [2.75, 3.05) is 12.4 Å². The Morgan fingerprint density at radius 3 is 2.92 bits per heavy atom. The van der Waals surface area contributed by atoms with Crippen LogP contribution in [0.5, 0.6) is 0 Å². The Kier molecular flexibility index (Phi) is 7.45. The van der Waals surface area contributed by atoms with Gasteiger partial charge in [-0.05, 0) is 25.2 Å². The molecule has 2 rings (SSSR count). The van der Waals surface area contributed by atoms with E-state index >= 15 is 0 Å². The van der Waals surface area contributed by atoms with Crippen molar-refractivity contribution in [3.8, 4) is 0 Å². The van der Waals surface area contributed by atoms with Gasteiger partial charge in [0, 0.05) is 23.9 Å². The van der Waals surface area contributed by atoms with Crippen LogP contribution in [0.3, 0.4) is 0 Å². The van der Waals surface area contributed by atoms with Crippen LogP contribution in [0, 0.1) is 6.92 Å². The van der Waals surface area contributed by atoms with Gasteiger partial charge >= 0.3 is 5.69 Å². The predicted octanol–water partition coefficient (Wildman–Crippen LogP) is 1.26. The summed E-state index contributed by atoms with van der Waals surface area (Å²) in [5, 5.41) is 9.52. The van der Waals surface area contributed by atoms with E-state index in [0.717, 1.165) is 12.8 Å². The number of rotatable bonds is 8. The molecule has 0 aromatic carbocycles. The Morgan fingerprint density at radius 2 is 2.28 bits per heavy atom. The van der Waals surface area contributed by atoms with Crippen molar-refractivity contribution in [3.63, 3.8) is 0 Å². The van der Waals surface area contributed by atoms with Crippen molar-refractivity contribution in [2.24, 2.45) is 0 Å². The Hall–Kier alpha value is -0.480. The molecule has 25 heavy (non-hydrogen) atoms. The smallest absolute Gasteiger partial charge is 0.330 e. The third-order valence-electron chi connectivity index (χ3n) is 3.84. The first-order valence-corrected chi connectivity index (χ1v) is 12.3. The fraction of sp³-hybridized carbons (Fsp3) is 0.714. The van der Waals surface area contributed by atoms with E-state index in [0.29, 0.717) is 11.3 Å². The lowest BCUT2D eigenvalue weighted by atomic mass is 10.2. The molecule has 1 saturated heterocycles. The number of aryl methyl sites for hydroxylation is 1. The SMILES string of the molecule is CCCCSP(O)(=S)O[C@H]1C[C@H](n2cc(C)c(=O)[nH]c2=O)O[C@@H]1CO. The number of hydrogen-bond donors (Lipinski definition) is 3. The van der Waals surface area contributed by atoms with E-state index in [9.17, 15) is 19.6 Å². The molecule has 0 saturated carbocycles.